The summed E-state index contributed by atoms with van der Waals surface area (Å²) in [5, 5.41) is 3.12. The lowest BCUT2D eigenvalue weighted by Gasteiger charge is -2.33. The minimum atomic E-state index is -0.265. The zero-order valence-electron chi connectivity index (χ0n) is 16.1. The number of ether oxygens (including phenoxy) is 1. The van der Waals surface area contributed by atoms with Crippen LogP contribution in [0.15, 0.2) is 24.3 Å². The molecule has 2 aliphatic rings. The van der Waals surface area contributed by atoms with E-state index in [1.54, 1.807) is 0 Å². The minimum absolute atomic E-state index is 0.0268. The third kappa shape index (κ3) is 4.26. The fraction of sp³-hybridized carbons (Fsp3) is 0.619. The van der Waals surface area contributed by atoms with Gasteiger partial charge in [0.05, 0.1) is 0 Å². The maximum Gasteiger partial charge on any atom is 0.251 e. The van der Waals surface area contributed by atoms with Crippen molar-refractivity contribution in [2.24, 2.45) is 5.92 Å². The molecule has 0 radical (unpaired) electrons. The summed E-state index contributed by atoms with van der Waals surface area (Å²) >= 11 is 0. The van der Waals surface area contributed by atoms with E-state index in [4.69, 9.17) is 4.74 Å². The fourth-order valence-corrected chi connectivity index (χ4v) is 3.82. The Labute approximate surface area is 156 Å². The summed E-state index contributed by atoms with van der Waals surface area (Å²) in [4.78, 5) is 27.0. The standard InChI is InChI=1S/C21H30N2O3/c1-21(2,3)16-7-4-5-8-17(16)22-19(24)15-10-12-23(13-11-15)20(25)18-9-6-14-26-18/h4-5,7-8,15,18H,6,9-14H2,1-3H3,(H,22,24). The molecule has 0 aliphatic carbocycles. The third-order valence-corrected chi connectivity index (χ3v) is 5.38. The van der Waals surface area contributed by atoms with Crippen LogP contribution in [0.4, 0.5) is 5.69 Å². The van der Waals surface area contributed by atoms with Crippen LogP contribution in [-0.4, -0.2) is 42.5 Å². The van der Waals surface area contributed by atoms with Crippen molar-refractivity contribution in [3.8, 4) is 0 Å². The average Bonchev–Trinajstić information content (AvgIpc) is 3.15. The molecule has 2 heterocycles. The minimum Gasteiger partial charge on any atom is -0.368 e. The van der Waals surface area contributed by atoms with E-state index in [0.717, 1.165) is 24.1 Å². The number of amides is 2. The Morgan fingerprint density at radius 1 is 1.12 bits per heavy atom. The van der Waals surface area contributed by atoms with Crippen molar-refractivity contribution in [3.05, 3.63) is 29.8 Å². The number of carbonyl (C=O) groups excluding carboxylic acids is 2. The first-order valence-corrected chi connectivity index (χ1v) is 9.67. The number of hydrogen-bond donors (Lipinski definition) is 1. The van der Waals surface area contributed by atoms with Crippen molar-refractivity contribution >= 4 is 17.5 Å². The molecule has 2 amide bonds. The van der Waals surface area contributed by atoms with Crippen LogP contribution in [-0.2, 0) is 19.7 Å². The number of rotatable bonds is 3. The van der Waals surface area contributed by atoms with Crippen LogP contribution in [0.1, 0.15) is 52.0 Å². The highest BCUT2D eigenvalue weighted by Crippen LogP contribution is 2.30. The molecule has 0 spiro atoms. The van der Waals surface area contributed by atoms with E-state index >= 15 is 0 Å². The van der Waals surface area contributed by atoms with Crippen LogP contribution in [0.25, 0.3) is 0 Å². The molecule has 2 saturated heterocycles. The van der Waals surface area contributed by atoms with Crippen molar-refractivity contribution in [3.63, 3.8) is 0 Å². The van der Waals surface area contributed by atoms with E-state index in [-0.39, 0.29) is 29.3 Å². The Morgan fingerprint density at radius 3 is 2.42 bits per heavy atom. The molecular weight excluding hydrogens is 328 g/mol. The predicted molar refractivity (Wildman–Crippen MR) is 102 cm³/mol. The molecule has 0 saturated carbocycles. The fourth-order valence-electron chi connectivity index (χ4n) is 3.82. The van der Waals surface area contributed by atoms with Gasteiger partial charge in [0.15, 0.2) is 0 Å². The van der Waals surface area contributed by atoms with E-state index in [2.05, 4.69) is 32.2 Å². The summed E-state index contributed by atoms with van der Waals surface area (Å²) in [6.45, 7) is 8.39. The molecule has 26 heavy (non-hydrogen) atoms. The quantitative estimate of drug-likeness (QED) is 0.901. The number of para-hydroxylation sites is 1. The molecule has 2 aliphatic heterocycles. The SMILES string of the molecule is CC(C)(C)c1ccccc1NC(=O)C1CCN(C(=O)C2CCCO2)CC1. The van der Waals surface area contributed by atoms with Gasteiger partial charge in [0, 0.05) is 31.3 Å². The molecule has 142 valence electrons. The van der Waals surface area contributed by atoms with Gasteiger partial charge in [0.25, 0.3) is 5.91 Å². The summed E-state index contributed by atoms with van der Waals surface area (Å²) in [5.74, 6) is 0.113. The maximum atomic E-state index is 12.7. The van der Waals surface area contributed by atoms with Gasteiger partial charge in [-0.15, -0.1) is 0 Å². The van der Waals surface area contributed by atoms with E-state index in [9.17, 15) is 9.59 Å². The van der Waals surface area contributed by atoms with Crippen molar-refractivity contribution in [2.45, 2.75) is 58.0 Å². The summed E-state index contributed by atoms with van der Waals surface area (Å²) in [6, 6.07) is 7.99. The molecule has 0 aromatic heterocycles. The van der Waals surface area contributed by atoms with E-state index in [1.807, 2.05) is 23.1 Å². The zero-order valence-corrected chi connectivity index (χ0v) is 16.1. The Balaban J connectivity index is 1.57. The van der Waals surface area contributed by atoms with Crippen LogP contribution >= 0.6 is 0 Å². The van der Waals surface area contributed by atoms with Gasteiger partial charge in [0.2, 0.25) is 5.91 Å². The lowest BCUT2D eigenvalue weighted by Crippen LogP contribution is -2.45. The molecule has 1 N–H and O–H groups in total. The highest BCUT2D eigenvalue weighted by molar-refractivity contribution is 5.93. The van der Waals surface area contributed by atoms with Crippen molar-refractivity contribution in [1.29, 1.82) is 0 Å². The molecule has 1 unspecified atom stereocenters. The predicted octanol–water partition coefficient (Wildman–Crippen LogP) is 3.34. The summed E-state index contributed by atoms with van der Waals surface area (Å²) in [5.41, 5.74) is 2.00. The van der Waals surface area contributed by atoms with E-state index in [1.165, 1.54) is 0 Å². The van der Waals surface area contributed by atoms with Gasteiger partial charge in [-0.05, 0) is 42.7 Å². The third-order valence-electron chi connectivity index (χ3n) is 5.38. The second kappa shape index (κ2) is 7.78. The summed E-state index contributed by atoms with van der Waals surface area (Å²) < 4.78 is 5.50. The lowest BCUT2D eigenvalue weighted by molar-refractivity contribution is -0.143. The number of nitrogens with one attached hydrogen (secondary N) is 1. The Kier molecular flexibility index (Phi) is 5.66. The molecule has 3 rings (SSSR count). The molecule has 0 bridgehead atoms. The highest BCUT2D eigenvalue weighted by Gasteiger charge is 2.33. The Morgan fingerprint density at radius 2 is 1.81 bits per heavy atom. The maximum absolute atomic E-state index is 12.7. The second-order valence-electron chi connectivity index (χ2n) is 8.39. The second-order valence-corrected chi connectivity index (χ2v) is 8.39. The van der Waals surface area contributed by atoms with Gasteiger partial charge < -0.3 is 15.0 Å². The first-order chi connectivity index (χ1) is 12.4. The largest absolute Gasteiger partial charge is 0.368 e. The Bertz CT molecular complexity index is 651. The molecule has 5 nitrogen and oxygen atoms in total. The van der Waals surface area contributed by atoms with E-state index in [0.29, 0.717) is 32.5 Å². The molecule has 1 aromatic rings. The number of hydrogen-bond acceptors (Lipinski definition) is 3. The first kappa shape index (κ1) is 18.9. The topological polar surface area (TPSA) is 58.6 Å². The monoisotopic (exact) mass is 358 g/mol. The van der Waals surface area contributed by atoms with E-state index < -0.39 is 0 Å². The van der Waals surface area contributed by atoms with Crippen LogP contribution < -0.4 is 5.32 Å². The average molecular weight is 358 g/mol. The zero-order chi connectivity index (χ0) is 18.7. The molecule has 2 fully saturated rings. The van der Waals surface area contributed by atoms with Crippen LogP contribution in [0.3, 0.4) is 0 Å². The number of piperidine rings is 1. The normalized spacial score (nSPS) is 21.7. The summed E-state index contributed by atoms with van der Waals surface area (Å²) in [6.07, 6.45) is 2.94. The number of likely N-dealkylation sites (tertiary alicyclic amines) is 1. The Hall–Kier alpha value is -1.88. The van der Waals surface area contributed by atoms with Gasteiger partial charge in [-0.2, -0.15) is 0 Å². The number of carbonyl (C=O) groups is 2. The van der Waals surface area contributed by atoms with Crippen molar-refractivity contribution in [2.75, 3.05) is 25.0 Å². The molecule has 1 aromatic carbocycles. The van der Waals surface area contributed by atoms with Crippen LogP contribution in [0, 0.1) is 5.92 Å². The van der Waals surface area contributed by atoms with Gasteiger partial charge in [0.1, 0.15) is 6.10 Å². The lowest BCUT2D eigenvalue weighted by atomic mass is 9.85. The van der Waals surface area contributed by atoms with Crippen LogP contribution in [0.5, 0.6) is 0 Å². The van der Waals surface area contributed by atoms with Gasteiger partial charge in [-0.3, -0.25) is 9.59 Å². The van der Waals surface area contributed by atoms with Gasteiger partial charge in [-0.1, -0.05) is 39.0 Å². The van der Waals surface area contributed by atoms with Gasteiger partial charge in [-0.25, -0.2) is 0 Å². The highest BCUT2D eigenvalue weighted by atomic mass is 16.5. The van der Waals surface area contributed by atoms with Crippen molar-refractivity contribution < 1.29 is 14.3 Å². The van der Waals surface area contributed by atoms with Crippen LogP contribution in [0.2, 0.25) is 0 Å². The molecule has 5 heteroatoms. The molecular formula is C21H30N2O3. The van der Waals surface area contributed by atoms with Gasteiger partial charge >= 0.3 is 0 Å². The molecule has 1 atom stereocenters. The first-order valence-electron chi connectivity index (χ1n) is 9.67. The number of benzene rings is 1. The smallest absolute Gasteiger partial charge is 0.251 e. The summed E-state index contributed by atoms with van der Waals surface area (Å²) in [7, 11) is 0. The number of nitrogens with zero attached hydrogens (tertiary/aromatic N) is 1. The van der Waals surface area contributed by atoms with Crippen molar-refractivity contribution in [1.82, 2.24) is 4.90 Å². The number of anilines is 1.